The number of aromatic amines is 1. The van der Waals surface area contributed by atoms with Crippen LogP contribution in [0.15, 0.2) is 64.8 Å². The first-order valence-electron chi connectivity index (χ1n) is 8.45. The lowest BCUT2D eigenvalue weighted by molar-refractivity contribution is 0.186. The second kappa shape index (κ2) is 8.15. The van der Waals surface area contributed by atoms with Gasteiger partial charge in [-0.1, -0.05) is 11.8 Å². The second-order valence-electron chi connectivity index (χ2n) is 5.89. The first kappa shape index (κ1) is 18.7. The molecular formula is C19H15FN6O2S. The van der Waals surface area contributed by atoms with E-state index in [2.05, 4.69) is 35.3 Å². The topological polar surface area (TPSA) is 105 Å². The Labute approximate surface area is 168 Å². The Balaban J connectivity index is 1.50. The number of nitrogens with zero attached hydrogens (tertiary/aromatic N) is 3. The number of carbonyl (C=O) groups is 1. The number of nitrogens with one attached hydrogen (secondary N) is 3. The van der Waals surface area contributed by atoms with Gasteiger partial charge in [0, 0.05) is 16.0 Å². The Morgan fingerprint density at radius 1 is 1.10 bits per heavy atom. The van der Waals surface area contributed by atoms with Crippen LogP contribution in [0.1, 0.15) is 0 Å². The minimum atomic E-state index is -0.592. The Morgan fingerprint density at radius 2 is 2.00 bits per heavy atom. The van der Waals surface area contributed by atoms with E-state index in [9.17, 15) is 9.18 Å². The Bertz CT molecular complexity index is 1170. The molecule has 3 aromatic heterocycles. The number of anilines is 3. The number of carbonyl (C=O) groups excluding carboxylic acids is 1. The van der Waals surface area contributed by atoms with Gasteiger partial charge < -0.3 is 15.0 Å². The van der Waals surface area contributed by atoms with Gasteiger partial charge >= 0.3 is 6.09 Å². The molecule has 0 saturated carbocycles. The van der Waals surface area contributed by atoms with Crippen LogP contribution in [-0.2, 0) is 4.74 Å². The average molecular weight is 410 g/mol. The highest BCUT2D eigenvalue weighted by atomic mass is 32.2. The molecule has 4 rings (SSSR count). The zero-order valence-electron chi connectivity index (χ0n) is 15.1. The van der Waals surface area contributed by atoms with Gasteiger partial charge in [0.2, 0.25) is 11.9 Å². The number of pyridine rings is 2. The van der Waals surface area contributed by atoms with Crippen LogP contribution in [0.4, 0.5) is 26.5 Å². The summed E-state index contributed by atoms with van der Waals surface area (Å²) in [6.07, 6.45) is 4.25. The van der Waals surface area contributed by atoms with Gasteiger partial charge in [0.05, 0.1) is 41.9 Å². The number of halogens is 1. The fourth-order valence-electron chi connectivity index (χ4n) is 2.55. The number of ether oxygens (including phenoxy) is 1. The molecule has 0 aliphatic heterocycles. The van der Waals surface area contributed by atoms with E-state index in [1.807, 2.05) is 24.3 Å². The quantitative estimate of drug-likeness (QED) is 0.414. The normalized spacial score (nSPS) is 10.7. The molecule has 0 saturated heterocycles. The van der Waals surface area contributed by atoms with Crippen molar-refractivity contribution in [3.05, 3.63) is 60.9 Å². The summed E-state index contributed by atoms with van der Waals surface area (Å²) in [5.41, 5.74) is 2.93. The van der Waals surface area contributed by atoms with E-state index in [-0.39, 0.29) is 0 Å². The molecule has 3 N–H and O–H groups in total. The van der Waals surface area contributed by atoms with Crippen molar-refractivity contribution in [2.45, 2.75) is 9.79 Å². The first-order chi connectivity index (χ1) is 14.1. The number of H-pyrrole nitrogens is 1. The number of amides is 1. The van der Waals surface area contributed by atoms with Crippen LogP contribution in [0.3, 0.4) is 0 Å². The van der Waals surface area contributed by atoms with Gasteiger partial charge in [-0.2, -0.15) is 4.39 Å². The summed E-state index contributed by atoms with van der Waals surface area (Å²) in [4.78, 5) is 28.4. The average Bonchev–Trinajstić information content (AvgIpc) is 3.11. The maximum atomic E-state index is 12.9. The number of imidazole rings is 1. The molecule has 0 bridgehead atoms. The number of aromatic nitrogens is 4. The molecule has 10 heteroatoms. The molecule has 0 radical (unpaired) electrons. The number of hydrogen-bond acceptors (Lipinski definition) is 7. The molecule has 3 heterocycles. The van der Waals surface area contributed by atoms with Crippen LogP contribution in [-0.4, -0.2) is 33.1 Å². The number of rotatable bonds is 5. The Kier molecular flexibility index (Phi) is 5.25. The van der Waals surface area contributed by atoms with Crippen molar-refractivity contribution in [2.75, 3.05) is 17.7 Å². The van der Waals surface area contributed by atoms with E-state index in [4.69, 9.17) is 0 Å². The Morgan fingerprint density at radius 3 is 2.79 bits per heavy atom. The van der Waals surface area contributed by atoms with E-state index in [0.29, 0.717) is 11.6 Å². The van der Waals surface area contributed by atoms with Gasteiger partial charge in [0.1, 0.15) is 0 Å². The van der Waals surface area contributed by atoms with Gasteiger partial charge in [0.15, 0.2) is 0 Å². The molecule has 29 heavy (non-hydrogen) atoms. The van der Waals surface area contributed by atoms with Gasteiger partial charge in [-0.05, 0) is 36.4 Å². The number of hydrogen-bond donors (Lipinski definition) is 3. The summed E-state index contributed by atoms with van der Waals surface area (Å²) in [7, 11) is 1.29. The zero-order valence-corrected chi connectivity index (χ0v) is 16.0. The third kappa shape index (κ3) is 4.61. The molecular weight excluding hydrogens is 395 g/mol. The third-order valence-corrected chi connectivity index (χ3v) is 4.77. The highest BCUT2D eigenvalue weighted by Gasteiger charge is 2.08. The summed E-state index contributed by atoms with van der Waals surface area (Å²) in [5.74, 6) is -0.216. The highest BCUT2D eigenvalue weighted by Crippen LogP contribution is 2.31. The number of methoxy groups -OCH3 is 1. The lowest BCUT2D eigenvalue weighted by Crippen LogP contribution is -2.11. The molecule has 0 spiro atoms. The highest BCUT2D eigenvalue weighted by molar-refractivity contribution is 7.99. The zero-order chi connectivity index (χ0) is 20.2. The first-order valence-corrected chi connectivity index (χ1v) is 9.27. The monoisotopic (exact) mass is 410 g/mol. The Hall–Kier alpha value is -3.66. The summed E-state index contributed by atoms with van der Waals surface area (Å²) < 4.78 is 17.5. The van der Waals surface area contributed by atoms with Crippen molar-refractivity contribution in [2.24, 2.45) is 0 Å². The van der Waals surface area contributed by atoms with E-state index in [1.54, 1.807) is 18.5 Å². The predicted octanol–water partition coefficient (Wildman–Crippen LogP) is 4.57. The molecule has 0 fully saturated rings. The molecule has 0 aliphatic carbocycles. The lowest BCUT2D eigenvalue weighted by atomic mass is 10.3. The minimum Gasteiger partial charge on any atom is -0.453 e. The summed E-state index contributed by atoms with van der Waals surface area (Å²) in [5, 5.41) is 5.64. The van der Waals surface area contributed by atoms with Gasteiger partial charge in [-0.3, -0.25) is 10.3 Å². The number of fused-ring (bicyclic) bond motifs is 1. The van der Waals surface area contributed by atoms with Gasteiger partial charge in [0.25, 0.3) is 0 Å². The molecule has 1 aromatic carbocycles. The predicted molar refractivity (Wildman–Crippen MR) is 108 cm³/mol. The molecule has 8 nitrogen and oxygen atoms in total. The molecule has 4 aromatic rings. The minimum absolute atomic E-state index is 0.315. The van der Waals surface area contributed by atoms with Crippen molar-refractivity contribution in [1.29, 1.82) is 0 Å². The van der Waals surface area contributed by atoms with Crippen molar-refractivity contribution in [3.8, 4) is 0 Å². The van der Waals surface area contributed by atoms with E-state index in [0.717, 1.165) is 26.5 Å². The largest absolute Gasteiger partial charge is 0.453 e. The van der Waals surface area contributed by atoms with Crippen LogP contribution >= 0.6 is 11.8 Å². The van der Waals surface area contributed by atoms with Gasteiger partial charge in [-0.15, -0.1) is 0 Å². The van der Waals surface area contributed by atoms with E-state index >= 15 is 0 Å². The van der Waals surface area contributed by atoms with Crippen molar-refractivity contribution in [3.63, 3.8) is 0 Å². The molecule has 0 atom stereocenters. The third-order valence-electron chi connectivity index (χ3n) is 3.82. The molecule has 0 unspecified atom stereocenters. The van der Waals surface area contributed by atoms with E-state index < -0.39 is 12.0 Å². The van der Waals surface area contributed by atoms with Gasteiger partial charge in [-0.25, -0.2) is 14.8 Å². The summed E-state index contributed by atoms with van der Waals surface area (Å²) >= 11 is 1.52. The van der Waals surface area contributed by atoms with Crippen molar-refractivity contribution < 1.29 is 13.9 Å². The van der Waals surface area contributed by atoms with Crippen molar-refractivity contribution >= 4 is 46.2 Å². The van der Waals surface area contributed by atoms with Crippen LogP contribution in [0, 0.1) is 5.95 Å². The molecule has 0 aliphatic rings. The summed E-state index contributed by atoms with van der Waals surface area (Å²) in [6, 6.07) is 10.5. The fourth-order valence-corrected chi connectivity index (χ4v) is 3.44. The molecule has 1 amide bonds. The second-order valence-corrected chi connectivity index (χ2v) is 7.03. The van der Waals surface area contributed by atoms with Crippen LogP contribution < -0.4 is 10.6 Å². The maximum Gasteiger partial charge on any atom is 0.413 e. The van der Waals surface area contributed by atoms with Crippen LogP contribution in [0.25, 0.3) is 11.0 Å². The fraction of sp³-hybridized carbons (Fsp3) is 0.0526. The van der Waals surface area contributed by atoms with Crippen LogP contribution in [0.2, 0.25) is 0 Å². The van der Waals surface area contributed by atoms with E-state index in [1.165, 1.54) is 31.1 Å². The standard InChI is InChI=1S/C19H15FN6O2S/c1-28-19(27)26-18-24-15-4-3-13(7-16(15)25-18)29-14-6-12(8-21-10-14)23-11-2-5-17(20)22-9-11/h2-10,23H,1H3,(H2,24,25,26,27). The maximum absolute atomic E-state index is 12.9. The lowest BCUT2D eigenvalue weighted by Gasteiger charge is -2.07. The molecule has 146 valence electrons. The van der Waals surface area contributed by atoms with Crippen LogP contribution in [0.5, 0.6) is 0 Å². The SMILES string of the molecule is COC(=O)Nc1nc2ccc(Sc3cncc(Nc4ccc(F)nc4)c3)cc2[nH]1. The smallest absolute Gasteiger partial charge is 0.413 e. The van der Waals surface area contributed by atoms with Crippen molar-refractivity contribution in [1.82, 2.24) is 19.9 Å². The summed E-state index contributed by atoms with van der Waals surface area (Å²) in [6.45, 7) is 0. The number of benzene rings is 1.